The highest BCUT2D eigenvalue weighted by molar-refractivity contribution is 6.14. The van der Waals surface area contributed by atoms with Gasteiger partial charge in [0, 0.05) is 65.8 Å². The zero-order valence-electron chi connectivity index (χ0n) is 39.4. The van der Waals surface area contributed by atoms with Crippen LogP contribution < -0.4 is 0 Å². The second-order valence-electron chi connectivity index (χ2n) is 15.5. The molecule has 4 heterocycles. The molecule has 0 saturated carbocycles. The number of hydrogen-bond donors (Lipinski definition) is 0. The van der Waals surface area contributed by atoms with E-state index in [1.165, 1.54) is 6.07 Å². The summed E-state index contributed by atoms with van der Waals surface area (Å²) in [5.74, 6) is 1.35. The fourth-order valence-electron chi connectivity index (χ4n) is 9.20. The van der Waals surface area contributed by atoms with E-state index in [1.807, 2.05) is 109 Å². The normalized spacial score (nSPS) is 13.1. The molecule has 6 nitrogen and oxygen atoms in total. The topological polar surface area (TPSA) is 61.7 Å². The van der Waals surface area contributed by atoms with Crippen LogP contribution in [0.4, 0.5) is 0 Å². The summed E-state index contributed by atoms with van der Waals surface area (Å²) in [6, 6.07) is 56.5. The third-order valence-electron chi connectivity index (χ3n) is 11.9. The number of benzene rings is 9. The van der Waals surface area contributed by atoms with Crippen LogP contribution in [0.25, 0.3) is 122 Å². The molecule has 9 aromatic carbocycles. The van der Waals surface area contributed by atoms with Crippen LogP contribution in [0, 0.1) is 0 Å². The second kappa shape index (κ2) is 14.0. The van der Waals surface area contributed by atoms with Gasteiger partial charge in [-0.25, -0.2) is 15.0 Å². The van der Waals surface area contributed by atoms with Crippen molar-refractivity contribution in [3.05, 3.63) is 212 Å². The van der Waals surface area contributed by atoms with Crippen LogP contribution in [0.15, 0.2) is 217 Å². The molecule has 0 N–H and O–H groups in total. The molecule has 13 aromatic rings. The summed E-state index contributed by atoms with van der Waals surface area (Å²) in [6.07, 6.45) is 0. The first-order valence-corrected chi connectivity index (χ1v) is 20.7. The predicted molar refractivity (Wildman–Crippen MR) is 258 cm³/mol. The summed E-state index contributed by atoms with van der Waals surface area (Å²) in [6.45, 7) is 0. The van der Waals surface area contributed by atoms with Gasteiger partial charge in [0.25, 0.3) is 0 Å². The number of para-hydroxylation sites is 7. The van der Waals surface area contributed by atoms with Crippen LogP contribution in [-0.4, -0.2) is 24.1 Å². The Kier molecular flexibility index (Phi) is 6.56. The molecule has 0 aliphatic carbocycles. The van der Waals surface area contributed by atoms with E-state index in [4.69, 9.17) is 26.2 Å². The zero-order valence-corrected chi connectivity index (χ0v) is 33.4. The van der Waals surface area contributed by atoms with Crippen LogP contribution >= 0.6 is 0 Å². The molecule has 0 spiro atoms. The maximum absolute atomic E-state index is 9.53. The number of aromatic nitrogens is 5. The Morgan fingerprint density at radius 2 is 1.00 bits per heavy atom. The lowest BCUT2D eigenvalue weighted by molar-refractivity contribution is 0.670. The minimum Gasteiger partial charge on any atom is -0.455 e. The summed E-state index contributed by atoms with van der Waals surface area (Å²) in [5, 5.41) is 4.37. The molecule has 0 saturated heterocycles. The lowest BCUT2D eigenvalue weighted by atomic mass is 9.98. The quantitative estimate of drug-likeness (QED) is 0.168. The second-order valence-corrected chi connectivity index (χ2v) is 15.5. The summed E-state index contributed by atoms with van der Waals surface area (Å²) in [7, 11) is 0. The van der Waals surface area contributed by atoms with E-state index in [0.717, 1.165) is 60.4 Å². The first-order chi connectivity index (χ1) is 33.7. The van der Waals surface area contributed by atoms with Crippen molar-refractivity contribution in [2.24, 2.45) is 0 Å². The fraction of sp³-hybridized carbons (Fsp3) is 0. The zero-order chi connectivity index (χ0) is 46.7. The first-order valence-electron chi connectivity index (χ1n) is 23.7. The average molecular weight is 812 g/mol. The van der Waals surface area contributed by atoms with Crippen LogP contribution in [-0.2, 0) is 0 Å². The standard InChI is InChI=1S/C57H35N5O/c1-3-17-36(18-4-1)55-58-56(60-57(59-55)47-28-15-25-44-41-23-9-11-29-48(41)61(53(44)47)38-19-5-2-6-20-38)37-33-34-42(45-26-16-27-46-43-24-10-14-32-52(43)63-54(45)46)51(35-37)62-49-30-12-7-21-39(49)40-22-8-13-31-50(40)62/h1-35H/i10D,16D,24D,26D,27D,32D. The summed E-state index contributed by atoms with van der Waals surface area (Å²) in [4.78, 5) is 15.8. The van der Waals surface area contributed by atoms with Crippen molar-refractivity contribution in [3.8, 4) is 56.7 Å². The van der Waals surface area contributed by atoms with E-state index < -0.39 is 0 Å². The molecule has 0 unspecified atom stereocenters. The number of nitrogens with zero attached hydrogens (tertiary/aromatic N) is 5. The Balaban J connectivity index is 1.13. The van der Waals surface area contributed by atoms with Gasteiger partial charge in [-0.15, -0.1) is 0 Å². The minimum absolute atomic E-state index is 0.0215. The van der Waals surface area contributed by atoms with E-state index in [9.17, 15) is 1.37 Å². The molecule has 0 radical (unpaired) electrons. The van der Waals surface area contributed by atoms with Gasteiger partial charge in [0.2, 0.25) is 0 Å². The van der Waals surface area contributed by atoms with E-state index in [2.05, 4.69) is 69.8 Å². The number of rotatable bonds is 6. The van der Waals surface area contributed by atoms with Gasteiger partial charge >= 0.3 is 0 Å². The van der Waals surface area contributed by atoms with Crippen LogP contribution in [0.1, 0.15) is 8.22 Å². The molecule has 0 bridgehead atoms. The highest BCUT2D eigenvalue weighted by Gasteiger charge is 2.23. The molecule has 63 heavy (non-hydrogen) atoms. The van der Waals surface area contributed by atoms with E-state index >= 15 is 0 Å². The fourth-order valence-corrected chi connectivity index (χ4v) is 9.20. The van der Waals surface area contributed by atoms with Crippen LogP contribution in [0.3, 0.4) is 0 Å². The molecule has 13 rings (SSSR count). The third-order valence-corrected chi connectivity index (χ3v) is 11.9. The van der Waals surface area contributed by atoms with Crippen molar-refractivity contribution in [2.45, 2.75) is 0 Å². The molecule has 0 amide bonds. The van der Waals surface area contributed by atoms with Gasteiger partial charge in [-0.1, -0.05) is 164 Å². The summed E-state index contributed by atoms with van der Waals surface area (Å²) < 4.78 is 64.7. The molecule has 6 heteroatoms. The highest BCUT2D eigenvalue weighted by Crippen LogP contribution is 2.43. The van der Waals surface area contributed by atoms with Crippen LogP contribution in [0.2, 0.25) is 0 Å². The maximum atomic E-state index is 9.53. The molecule has 4 aromatic heterocycles. The highest BCUT2D eigenvalue weighted by atomic mass is 16.3. The lowest BCUT2D eigenvalue weighted by Crippen LogP contribution is -2.03. The largest absolute Gasteiger partial charge is 0.455 e. The van der Waals surface area contributed by atoms with Crippen molar-refractivity contribution in [2.75, 3.05) is 0 Å². The van der Waals surface area contributed by atoms with E-state index in [0.29, 0.717) is 34.3 Å². The van der Waals surface area contributed by atoms with Gasteiger partial charge in [-0.05, 0) is 48.5 Å². The van der Waals surface area contributed by atoms with Gasteiger partial charge in [0.1, 0.15) is 11.2 Å². The summed E-state index contributed by atoms with van der Waals surface area (Å²) in [5.41, 5.74) is 8.49. The van der Waals surface area contributed by atoms with Crippen molar-refractivity contribution in [1.29, 1.82) is 0 Å². The predicted octanol–water partition coefficient (Wildman–Crippen LogP) is 14.6. The van der Waals surface area contributed by atoms with Crippen molar-refractivity contribution >= 4 is 65.6 Å². The molecule has 0 aliphatic heterocycles. The average Bonchev–Trinajstić information content (AvgIpc) is 4.07. The van der Waals surface area contributed by atoms with Crippen LogP contribution in [0.5, 0.6) is 0 Å². The molecule has 0 atom stereocenters. The lowest BCUT2D eigenvalue weighted by Gasteiger charge is -2.17. The monoisotopic (exact) mass is 811 g/mol. The van der Waals surface area contributed by atoms with E-state index in [-0.39, 0.29) is 63.8 Å². The van der Waals surface area contributed by atoms with Gasteiger partial charge in [-0.2, -0.15) is 0 Å². The molecule has 0 aliphatic rings. The first kappa shape index (κ1) is 29.6. The number of fused-ring (bicyclic) bond motifs is 9. The van der Waals surface area contributed by atoms with E-state index in [1.54, 1.807) is 0 Å². The van der Waals surface area contributed by atoms with Gasteiger partial charge < -0.3 is 13.6 Å². The molecular formula is C57H35N5O. The molecular weight excluding hydrogens is 771 g/mol. The van der Waals surface area contributed by atoms with Gasteiger partial charge in [0.15, 0.2) is 17.5 Å². The Morgan fingerprint density at radius 3 is 1.75 bits per heavy atom. The Hall–Kier alpha value is -8.61. The maximum Gasteiger partial charge on any atom is 0.166 e. The smallest absolute Gasteiger partial charge is 0.166 e. The number of furan rings is 1. The van der Waals surface area contributed by atoms with Crippen molar-refractivity contribution < 1.29 is 12.6 Å². The SMILES string of the molecule is [2H]c1cc([2H])c2oc3c(-c4ccc(-c5nc(-c6ccccc6)nc(-c6cccc7c8ccccc8n(-c8ccccc8)c67)n5)cc4-n4c5ccccc5c5ccccc54)c([2H])c([2H])c([2H])c3c2c1[2H]. The Morgan fingerprint density at radius 1 is 0.397 bits per heavy atom. The Labute approximate surface area is 370 Å². The van der Waals surface area contributed by atoms with Gasteiger partial charge in [0.05, 0.1) is 36.0 Å². The molecule has 0 fully saturated rings. The van der Waals surface area contributed by atoms with Gasteiger partial charge in [-0.3, -0.25) is 0 Å². The van der Waals surface area contributed by atoms with Crippen molar-refractivity contribution in [1.82, 2.24) is 24.1 Å². The van der Waals surface area contributed by atoms with Crippen molar-refractivity contribution in [3.63, 3.8) is 0 Å². The third kappa shape index (κ3) is 5.48. The molecule has 294 valence electrons. The minimum atomic E-state index is -0.365. The number of hydrogen-bond acceptors (Lipinski definition) is 4. The Bertz CT molecular complexity index is 4220. The summed E-state index contributed by atoms with van der Waals surface area (Å²) >= 11 is 0.